The van der Waals surface area contributed by atoms with Gasteiger partial charge in [-0.1, -0.05) is 12.1 Å². The number of ether oxygens (including phenoxy) is 1. The molecule has 0 radical (unpaired) electrons. The molecule has 1 aliphatic rings. The van der Waals surface area contributed by atoms with Crippen LogP contribution >= 0.6 is 11.3 Å². The zero-order chi connectivity index (χ0) is 24.7. The van der Waals surface area contributed by atoms with Crippen LogP contribution in [0.1, 0.15) is 58.1 Å². The lowest BCUT2D eigenvalue weighted by Crippen LogP contribution is -2.50. The molecule has 0 saturated carbocycles. The highest BCUT2D eigenvalue weighted by Gasteiger charge is 2.35. The smallest absolute Gasteiger partial charge is 0.247 e. The van der Waals surface area contributed by atoms with Crippen molar-refractivity contribution in [3.8, 4) is 0 Å². The van der Waals surface area contributed by atoms with Crippen molar-refractivity contribution in [1.82, 2.24) is 15.2 Å². The second-order valence-electron chi connectivity index (χ2n) is 9.26. The van der Waals surface area contributed by atoms with Gasteiger partial charge in [-0.05, 0) is 51.3 Å². The first-order valence-corrected chi connectivity index (χ1v) is 12.2. The number of hydrogen-bond donors (Lipinski definition) is 2. The lowest BCUT2D eigenvalue weighted by Gasteiger charge is -2.35. The summed E-state index contributed by atoms with van der Waals surface area (Å²) >= 11 is 1.29. The number of thiazole rings is 1. The maximum atomic E-state index is 13.6. The van der Waals surface area contributed by atoms with Crippen LogP contribution in [0.5, 0.6) is 0 Å². The van der Waals surface area contributed by atoms with Gasteiger partial charge in [0.25, 0.3) is 0 Å². The van der Waals surface area contributed by atoms with Gasteiger partial charge in [0.2, 0.25) is 17.7 Å². The largest absolute Gasteiger partial charge is 0.376 e. The molecule has 3 amide bonds. The van der Waals surface area contributed by atoms with Crippen molar-refractivity contribution in [2.75, 3.05) is 18.5 Å². The van der Waals surface area contributed by atoms with E-state index < -0.39 is 17.4 Å². The van der Waals surface area contributed by atoms with Gasteiger partial charge in [-0.15, -0.1) is 11.3 Å². The summed E-state index contributed by atoms with van der Waals surface area (Å²) in [6, 6.07) is 4.56. The minimum Gasteiger partial charge on any atom is -0.376 e. The van der Waals surface area contributed by atoms with E-state index in [2.05, 4.69) is 15.6 Å². The summed E-state index contributed by atoms with van der Waals surface area (Å²) in [7, 11) is 0. The van der Waals surface area contributed by atoms with Crippen LogP contribution in [0.3, 0.4) is 0 Å². The third-order valence-corrected chi connectivity index (χ3v) is 5.92. The van der Waals surface area contributed by atoms with E-state index in [4.69, 9.17) is 4.74 Å². The third-order valence-electron chi connectivity index (χ3n) is 5.23. The van der Waals surface area contributed by atoms with Gasteiger partial charge in [0.15, 0.2) is 5.13 Å². The molecule has 8 nitrogen and oxygen atoms in total. The molecule has 0 bridgehead atoms. The number of hydrogen-bond acceptors (Lipinski definition) is 6. The molecule has 184 valence electrons. The molecule has 2 aromatic rings. The van der Waals surface area contributed by atoms with Crippen molar-refractivity contribution in [3.05, 3.63) is 47.2 Å². The van der Waals surface area contributed by atoms with Crippen LogP contribution < -0.4 is 10.6 Å². The molecular weight excluding hydrogens is 459 g/mol. The molecule has 2 N–H and O–H groups in total. The molecular formula is C24H31FN4O4S. The highest BCUT2D eigenvalue weighted by Crippen LogP contribution is 2.27. The summed E-state index contributed by atoms with van der Waals surface area (Å²) < 4.78 is 19.4. The lowest BCUT2D eigenvalue weighted by atomic mass is 10.00. The molecule has 3 rings (SSSR count). The average Bonchev–Trinajstić information content (AvgIpc) is 3.46. The van der Waals surface area contributed by atoms with Crippen LogP contribution in [-0.4, -0.2) is 52.4 Å². The molecule has 1 aliphatic heterocycles. The van der Waals surface area contributed by atoms with Crippen LogP contribution in [0.2, 0.25) is 0 Å². The summed E-state index contributed by atoms with van der Waals surface area (Å²) in [4.78, 5) is 44.6. The number of amides is 3. The predicted octanol–water partition coefficient (Wildman–Crippen LogP) is 3.66. The van der Waals surface area contributed by atoms with Gasteiger partial charge < -0.3 is 20.3 Å². The quantitative estimate of drug-likeness (QED) is 0.559. The molecule has 10 heteroatoms. The fraction of sp³-hybridized carbons (Fsp3) is 0.500. The third kappa shape index (κ3) is 7.59. The Morgan fingerprint density at radius 2 is 1.97 bits per heavy atom. The van der Waals surface area contributed by atoms with Crippen molar-refractivity contribution >= 4 is 34.2 Å². The number of rotatable bonds is 9. The van der Waals surface area contributed by atoms with E-state index in [1.54, 1.807) is 11.6 Å². The van der Waals surface area contributed by atoms with Crippen molar-refractivity contribution in [3.63, 3.8) is 0 Å². The Bertz CT molecular complexity index is 970. The number of carbonyl (C=O) groups is 3. The predicted molar refractivity (Wildman–Crippen MR) is 128 cm³/mol. The first kappa shape index (κ1) is 25.8. The van der Waals surface area contributed by atoms with Crippen molar-refractivity contribution in [2.24, 2.45) is 0 Å². The first-order valence-electron chi connectivity index (χ1n) is 11.3. The molecule has 2 heterocycles. The minimum atomic E-state index is -0.987. The zero-order valence-corrected chi connectivity index (χ0v) is 20.5. The van der Waals surface area contributed by atoms with Crippen molar-refractivity contribution in [1.29, 1.82) is 0 Å². The monoisotopic (exact) mass is 490 g/mol. The lowest BCUT2D eigenvalue weighted by molar-refractivity contribution is -0.143. The number of aromatic nitrogens is 1. The van der Waals surface area contributed by atoms with E-state index in [0.29, 0.717) is 17.3 Å². The van der Waals surface area contributed by atoms with Gasteiger partial charge in [-0.3, -0.25) is 14.4 Å². The van der Waals surface area contributed by atoms with Gasteiger partial charge in [-0.2, -0.15) is 0 Å². The number of nitrogens with zero attached hydrogens (tertiary/aromatic N) is 2. The van der Waals surface area contributed by atoms with E-state index in [1.807, 2.05) is 20.8 Å². The van der Waals surface area contributed by atoms with Crippen LogP contribution in [-0.2, 0) is 19.1 Å². The summed E-state index contributed by atoms with van der Waals surface area (Å²) in [6.45, 7) is 6.34. The standard InChI is InChI=1S/C24H31FN4O4S/c1-24(2,3)28-22(32)21(16-6-8-17(25)9-7-16)29(15-18-5-4-13-33-18)20(31)11-10-19(30)27-23-26-12-14-34-23/h6-9,12,14,18,21H,4-5,10-11,13,15H2,1-3H3,(H,28,32)(H,26,27,30)/t18-,21-/m1/s1. The van der Waals surface area contributed by atoms with E-state index in [1.165, 1.54) is 40.5 Å². The first-order chi connectivity index (χ1) is 16.1. The topological polar surface area (TPSA) is 101 Å². The Balaban J connectivity index is 1.83. The Hall–Kier alpha value is -2.85. The Labute approximate surface area is 202 Å². The normalized spacial score (nSPS) is 16.6. The van der Waals surface area contributed by atoms with Crippen LogP contribution in [0.25, 0.3) is 0 Å². The summed E-state index contributed by atoms with van der Waals surface area (Å²) in [5.41, 5.74) is -0.0524. The molecule has 1 saturated heterocycles. The van der Waals surface area contributed by atoms with Gasteiger partial charge in [0, 0.05) is 43.1 Å². The van der Waals surface area contributed by atoms with Crippen LogP contribution in [0.4, 0.5) is 9.52 Å². The number of anilines is 1. The van der Waals surface area contributed by atoms with Crippen molar-refractivity contribution < 1.29 is 23.5 Å². The summed E-state index contributed by atoms with van der Waals surface area (Å²) in [5, 5.41) is 7.80. The van der Waals surface area contributed by atoms with E-state index >= 15 is 0 Å². The minimum absolute atomic E-state index is 0.0581. The highest BCUT2D eigenvalue weighted by molar-refractivity contribution is 7.13. The van der Waals surface area contributed by atoms with E-state index in [9.17, 15) is 18.8 Å². The molecule has 0 spiro atoms. The Morgan fingerprint density at radius 1 is 1.24 bits per heavy atom. The van der Waals surface area contributed by atoms with Gasteiger partial charge in [0.05, 0.1) is 6.10 Å². The van der Waals surface area contributed by atoms with Crippen LogP contribution in [0.15, 0.2) is 35.8 Å². The molecule has 1 aromatic heterocycles. The fourth-order valence-electron chi connectivity index (χ4n) is 3.75. The number of benzene rings is 1. The summed E-state index contributed by atoms with van der Waals surface area (Å²) in [5.74, 6) is -1.51. The van der Waals surface area contributed by atoms with Gasteiger partial charge in [-0.25, -0.2) is 9.37 Å². The molecule has 0 unspecified atom stereocenters. The second kappa shape index (κ2) is 11.5. The molecule has 34 heavy (non-hydrogen) atoms. The molecule has 0 aliphatic carbocycles. The average molecular weight is 491 g/mol. The SMILES string of the molecule is CC(C)(C)NC(=O)[C@@H](c1ccc(F)cc1)N(C[C@H]1CCCO1)C(=O)CCC(=O)Nc1nccs1. The van der Waals surface area contributed by atoms with Crippen LogP contribution in [0, 0.1) is 5.82 Å². The van der Waals surface area contributed by atoms with E-state index in [-0.39, 0.29) is 43.2 Å². The van der Waals surface area contributed by atoms with Gasteiger partial charge >= 0.3 is 0 Å². The summed E-state index contributed by atoms with van der Waals surface area (Å²) in [6.07, 6.45) is 2.86. The number of halogens is 1. The number of carbonyl (C=O) groups excluding carboxylic acids is 3. The number of nitrogens with one attached hydrogen (secondary N) is 2. The highest BCUT2D eigenvalue weighted by atomic mass is 32.1. The molecule has 1 fully saturated rings. The maximum absolute atomic E-state index is 13.6. The fourth-order valence-corrected chi connectivity index (χ4v) is 4.29. The molecule has 1 aromatic carbocycles. The maximum Gasteiger partial charge on any atom is 0.247 e. The van der Waals surface area contributed by atoms with E-state index in [0.717, 1.165) is 12.8 Å². The van der Waals surface area contributed by atoms with Crippen molar-refractivity contribution in [2.45, 2.75) is 64.1 Å². The zero-order valence-electron chi connectivity index (χ0n) is 19.7. The Morgan fingerprint density at radius 3 is 2.56 bits per heavy atom. The molecule has 2 atom stereocenters. The van der Waals surface area contributed by atoms with Gasteiger partial charge in [0.1, 0.15) is 11.9 Å². The second-order valence-corrected chi connectivity index (χ2v) is 10.2. The Kier molecular flexibility index (Phi) is 8.73.